The average Bonchev–Trinajstić information content (AvgIpc) is 2.82. The predicted octanol–water partition coefficient (Wildman–Crippen LogP) is 3.02. The molecule has 1 aromatic heterocycles. The highest BCUT2D eigenvalue weighted by Gasteiger charge is 2.17. The first-order valence-electron chi connectivity index (χ1n) is 9.09. The highest BCUT2D eigenvalue weighted by molar-refractivity contribution is 6.09. The molecule has 5 nitrogen and oxygen atoms in total. The number of nitrogens with zero attached hydrogens (tertiary/aromatic N) is 4. The minimum absolute atomic E-state index is 0.0282. The summed E-state index contributed by atoms with van der Waals surface area (Å²) in [6.45, 7) is 6.27. The van der Waals surface area contributed by atoms with E-state index in [2.05, 4.69) is 21.7 Å². The van der Waals surface area contributed by atoms with Crippen molar-refractivity contribution < 1.29 is 0 Å². The number of anilines is 1. The number of hydrogen-bond donors (Lipinski definition) is 0. The normalized spacial score (nSPS) is 14.9. The van der Waals surface area contributed by atoms with Crippen LogP contribution in [-0.4, -0.2) is 35.4 Å². The van der Waals surface area contributed by atoms with E-state index in [-0.39, 0.29) is 5.56 Å². The molecule has 3 rings (SSSR count). The monoisotopic (exact) mass is 348 g/mol. The quantitative estimate of drug-likeness (QED) is 0.619. The third-order valence-corrected chi connectivity index (χ3v) is 4.39. The van der Waals surface area contributed by atoms with Gasteiger partial charge in [0.2, 0.25) is 5.95 Å². The zero-order valence-electron chi connectivity index (χ0n) is 15.6. The van der Waals surface area contributed by atoms with Crippen molar-refractivity contribution in [2.45, 2.75) is 33.2 Å². The highest BCUT2D eigenvalue weighted by Crippen LogP contribution is 2.19. The van der Waals surface area contributed by atoms with Gasteiger partial charge in [-0.1, -0.05) is 12.0 Å². The molecule has 5 heteroatoms. The van der Waals surface area contributed by atoms with Gasteiger partial charge in [0.15, 0.2) is 0 Å². The molecule has 1 aliphatic heterocycles. The Bertz CT molecular complexity index is 989. The standard InChI is InChI=1S/C21H24N4O/c1-4-8-17(22-5-2)11-9-16-10-12-18-19(15-16)23-21-24(3)13-6-7-14-25(21)20(18)26/h4,8,10,12,15H,5-7,13-14H2,1-3H3/b8-4-,22-17?. The molecule has 0 radical (unpaired) electrons. The lowest BCUT2D eigenvalue weighted by Gasteiger charge is -2.18. The molecule has 26 heavy (non-hydrogen) atoms. The molecule has 0 unspecified atom stereocenters. The summed E-state index contributed by atoms with van der Waals surface area (Å²) in [5.41, 5.74) is 2.31. The first-order valence-corrected chi connectivity index (χ1v) is 9.09. The first kappa shape index (κ1) is 17.9. The zero-order chi connectivity index (χ0) is 18.5. The van der Waals surface area contributed by atoms with Crippen LogP contribution in [0.2, 0.25) is 0 Å². The van der Waals surface area contributed by atoms with Gasteiger partial charge in [-0.05, 0) is 56.9 Å². The van der Waals surface area contributed by atoms with Crippen molar-refractivity contribution in [3.8, 4) is 11.8 Å². The number of benzene rings is 1. The fraction of sp³-hybridized carbons (Fsp3) is 0.381. The molecule has 0 N–H and O–H groups in total. The van der Waals surface area contributed by atoms with Gasteiger partial charge in [0.1, 0.15) is 5.71 Å². The molecule has 134 valence electrons. The summed E-state index contributed by atoms with van der Waals surface area (Å²) in [5.74, 6) is 6.97. The van der Waals surface area contributed by atoms with Crippen LogP contribution >= 0.6 is 0 Å². The van der Waals surface area contributed by atoms with Crippen molar-refractivity contribution in [1.29, 1.82) is 0 Å². The lowest BCUT2D eigenvalue weighted by molar-refractivity contribution is 0.636. The van der Waals surface area contributed by atoms with Crippen LogP contribution in [0.4, 0.5) is 5.95 Å². The molecule has 1 aromatic carbocycles. The van der Waals surface area contributed by atoms with Crippen molar-refractivity contribution in [2.24, 2.45) is 4.99 Å². The van der Waals surface area contributed by atoms with Gasteiger partial charge in [-0.3, -0.25) is 14.4 Å². The Morgan fingerprint density at radius 1 is 1.35 bits per heavy atom. The fourth-order valence-electron chi connectivity index (χ4n) is 3.10. The molecule has 0 aliphatic carbocycles. The van der Waals surface area contributed by atoms with Gasteiger partial charge in [-0.2, -0.15) is 0 Å². The molecule has 0 amide bonds. The van der Waals surface area contributed by atoms with E-state index in [1.54, 1.807) is 4.57 Å². The fourth-order valence-corrected chi connectivity index (χ4v) is 3.10. The predicted molar refractivity (Wildman–Crippen MR) is 108 cm³/mol. The molecular formula is C21H24N4O. The minimum atomic E-state index is 0.0282. The summed E-state index contributed by atoms with van der Waals surface area (Å²) in [4.78, 5) is 24.0. The Labute approximate surface area is 154 Å². The van der Waals surface area contributed by atoms with Gasteiger partial charge in [0, 0.05) is 32.2 Å². The molecule has 2 heterocycles. The maximum atomic E-state index is 12.9. The van der Waals surface area contributed by atoms with Gasteiger partial charge < -0.3 is 4.90 Å². The van der Waals surface area contributed by atoms with E-state index in [9.17, 15) is 4.79 Å². The van der Waals surface area contributed by atoms with Crippen molar-refractivity contribution in [3.05, 3.63) is 46.3 Å². The molecule has 0 saturated carbocycles. The summed E-state index contributed by atoms with van der Waals surface area (Å²) >= 11 is 0. The van der Waals surface area contributed by atoms with Crippen LogP contribution < -0.4 is 10.5 Å². The minimum Gasteiger partial charge on any atom is -0.345 e. The van der Waals surface area contributed by atoms with Gasteiger partial charge in [0.05, 0.1) is 10.9 Å². The number of rotatable bonds is 2. The summed E-state index contributed by atoms with van der Waals surface area (Å²) < 4.78 is 1.79. The maximum absolute atomic E-state index is 12.9. The van der Waals surface area contributed by atoms with Crippen LogP contribution in [0.1, 0.15) is 32.3 Å². The molecule has 0 spiro atoms. The Balaban J connectivity index is 2.07. The molecule has 0 fully saturated rings. The third-order valence-electron chi connectivity index (χ3n) is 4.39. The first-order chi connectivity index (χ1) is 12.6. The van der Waals surface area contributed by atoms with Gasteiger partial charge in [0.25, 0.3) is 5.56 Å². The molecular weight excluding hydrogens is 324 g/mol. The summed E-state index contributed by atoms with van der Waals surface area (Å²) in [6.07, 6.45) is 5.89. The Morgan fingerprint density at radius 2 is 2.15 bits per heavy atom. The van der Waals surface area contributed by atoms with Gasteiger partial charge in [-0.15, -0.1) is 0 Å². The topological polar surface area (TPSA) is 50.5 Å². The van der Waals surface area contributed by atoms with E-state index in [0.29, 0.717) is 17.4 Å². The van der Waals surface area contributed by atoms with E-state index in [1.807, 2.05) is 51.2 Å². The molecule has 0 bridgehead atoms. The largest absolute Gasteiger partial charge is 0.345 e. The van der Waals surface area contributed by atoms with E-state index in [1.165, 1.54) is 0 Å². The van der Waals surface area contributed by atoms with Crippen LogP contribution in [0.3, 0.4) is 0 Å². The second-order valence-corrected chi connectivity index (χ2v) is 6.34. The maximum Gasteiger partial charge on any atom is 0.262 e. The van der Waals surface area contributed by atoms with Crippen molar-refractivity contribution >= 4 is 22.6 Å². The van der Waals surface area contributed by atoms with Crippen LogP contribution in [0.15, 0.2) is 40.1 Å². The SMILES string of the molecule is C/C=C\C(C#Cc1ccc2c(=O)n3c(nc2c1)N(C)CCCC3)=NCC. The summed E-state index contributed by atoms with van der Waals surface area (Å²) in [6, 6.07) is 5.60. The smallest absolute Gasteiger partial charge is 0.262 e. The third kappa shape index (κ3) is 3.70. The molecule has 0 saturated heterocycles. The van der Waals surface area contributed by atoms with Crippen molar-refractivity contribution in [2.75, 3.05) is 25.0 Å². The number of hydrogen-bond acceptors (Lipinski definition) is 4. The number of allylic oxidation sites excluding steroid dienone is 2. The van der Waals surface area contributed by atoms with Crippen LogP contribution in [0.5, 0.6) is 0 Å². The van der Waals surface area contributed by atoms with Gasteiger partial charge >= 0.3 is 0 Å². The van der Waals surface area contributed by atoms with Crippen molar-refractivity contribution in [3.63, 3.8) is 0 Å². The van der Waals surface area contributed by atoms with Crippen molar-refractivity contribution in [1.82, 2.24) is 9.55 Å². The molecule has 0 atom stereocenters. The Hall–Kier alpha value is -2.87. The van der Waals surface area contributed by atoms with Crippen LogP contribution in [0.25, 0.3) is 10.9 Å². The second-order valence-electron chi connectivity index (χ2n) is 6.34. The summed E-state index contributed by atoms with van der Waals surface area (Å²) in [7, 11) is 1.99. The summed E-state index contributed by atoms with van der Waals surface area (Å²) in [5, 5.41) is 0.644. The molecule has 2 aromatic rings. The van der Waals surface area contributed by atoms with Gasteiger partial charge in [-0.25, -0.2) is 4.98 Å². The van der Waals surface area contributed by atoms with E-state index >= 15 is 0 Å². The zero-order valence-corrected chi connectivity index (χ0v) is 15.6. The highest BCUT2D eigenvalue weighted by atomic mass is 16.1. The number of aromatic nitrogens is 2. The van der Waals surface area contributed by atoms with E-state index < -0.39 is 0 Å². The second kappa shape index (κ2) is 8.01. The van der Waals surface area contributed by atoms with Crippen LogP contribution in [-0.2, 0) is 6.54 Å². The lowest BCUT2D eigenvalue weighted by Crippen LogP contribution is -2.28. The Morgan fingerprint density at radius 3 is 2.92 bits per heavy atom. The van der Waals surface area contributed by atoms with E-state index in [0.717, 1.165) is 43.2 Å². The average molecular weight is 348 g/mol. The Kier molecular flexibility index (Phi) is 5.52. The number of aliphatic imine (C=N–C) groups is 1. The molecule has 1 aliphatic rings. The number of fused-ring (bicyclic) bond motifs is 2. The van der Waals surface area contributed by atoms with E-state index in [4.69, 9.17) is 4.98 Å². The van der Waals surface area contributed by atoms with Crippen LogP contribution in [0, 0.1) is 11.8 Å². The lowest BCUT2D eigenvalue weighted by atomic mass is 10.1.